The molecule has 3 rings (SSSR count). The van der Waals surface area contributed by atoms with E-state index in [4.69, 9.17) is 4.42 Å². The number of hydrogen-bond acceptors (Lipinski definition) is 2. The second-order valence-corrected chi connectivity index (χ2v) is 5.20. The maximum Gasteiger partial charge on any atom is 0.416 e. The third-order valence-corrected chi connectivity index (χ3v) is 3.50. The summed E-state index contributed by atoms with van der Waals surface area (Å²) in [5, 5.41) is 0.993. The molecule has 122 valence electrons. The van der Waals surface area contributed by atoms with Gasteiger partial charge in [0.15, 0.2) is 0 Å². The van der Waals surface area contributed by atoms with Crippen LogP contribution in [0.4, 0.5) is 13.2 Å². The van der Waals surface area contributed by atoms with Crippen LogP contribution in [0.2, 0.25) is 0 Å². The van der Waals surface area contributed by atoms with Crippen LogP contribution >= 0.6 is 0 Å². The third-order valence-electron chi connectivity index (χ3n) is 3.50. The summed E-state index contributed by atoms with van der Waals surface area (Å²) in [6.07, 6.45) is 2.60. The molecular formula is C19H14F3NO. The van der Waals surface area contributed by atoms with Crippen LogP contribution in [-0.4, -0.2) is 12.8 Å². The lowest BCUT2D eigenvalue weighted by atomic mass is 10.1. The average Bonchev–Trinajstić information content (AvgIpc) is 2.97. The van der Waals surface area contributed by atoms with Crippen molar-refractivity contribution in [2.75, 3.05) is 6.54 Å². The number of para-hydroxylation sites is 1. The molecule has 2 nitrogen and oxygen atoms in total. The number of aliphatic imine (C=N–C) groups is 1. The standard InChI is InChI=1S/C19H14F3NO/c20-19(21,22)16-9-7-14(8-10-16)4-3-11-23-12-15-13-24-18-6-2-1-5-17(15)18/h1-10,12-13H,11H2/b4-3+,23-12?. The second kappa shape index (κ2) is 6.74. The minimum Gasteiger partial charge on any atom is -0.464 e. The summed E-state index contributed by atoms with van der Waals surface area (Å²) in [6.45, 7) is 0.431. The molecule has 1 heterocycles. The first-order chi connectivity index (χ1) is 11.5. The molecule has 2 aromatic carbocycles. The van der Waals surface area contributed by atoms with Crippen molar-refractivity contribution < 1.29 is 17.6 Å². The quantitative estimate of drug-likeness (QED) is 0.573. The number of hydrogen-bond donors (Lipinski definition) is 0. The number of rotatable bonds is 4. The van der Waals surface area contributed by atoms with Crippen molar-refractivity contribution in [3.05, 3.63) is 77.6 Å². The minimum atomic E-state index is -4.31. The molecule has 0 aliphatic carbocycles. The highest BCUT2D eigenvalue weighted by molar-refractivity contribution is 5.97. The van der Waals surface area contributed by atoms with Gasteiger partial charge in [-0.2, -0.15) is 13.2 Å². The van der Waals surface area contributed by atoms with Gasteiger partial charge in [-0.25, -0.2) is 0 Å². The van der Waals surface area contributed by atoms with Gasteiger partial charge in [-0.05, 0) is 23.8 Å². The Morgan fingerprint density at radius 3 is 2.50 bits per heavy atom. The summed E-state index contributed by atoms with van der Waals surface area (Å²) in [4.78, 5) is 4.28. The molecule has 0 fully saturated rings. The van der Waals surface area contributed by atoms with Crippen LogP contribution in [-0.2, 0) is 6.18 Å². The van der Waals surface area contributed by atoms with Crippen molar-refractivity contribution in [1.82, 2.24) is 0 Å². The zero-order valence-electron chi connectivity index (χ0n) is 12.6. The Hall–Kier alpha value is -2.82. The summed E-state index contributed by atoms with van der Waals surface area (Å²) in [6, 6.07) is 12.7. The van der Waals surface area contributed by atoms with E-state index in [1.54, 1.807) is 24.6 Å². The Kier molecular flexibility index (Phi) is 4.51. The highest BCUT2D eigenvalue weighted by atomic mass is 19.4. The maximum absolute atomic E-state index is 12.5. The first kappa shape index (κ1) is 16.1. The summed E-state index contributed by atoms with van der Waals surface area (Å²) in [7, 11) is 0. The molecule has 1 aromatic heterocycles. The van der Waals surface area contributed by atoms with E-state index in [1.165, 1.54) is 12.1 Å². The molecule has 0 saturated heterocycles. The van der Waals surface area contributed by atoms with Crippen LogP contribution in [0, 0.1) is 0 Å². The molecule has 0 amide bonds. The Balaban J connectivity index is 1.60. The lowest BCUT2D eigenvalue weighted by Gasteiger charge is -2.05. The molecule has 0 unspecified atom stereocenters. The molecular weight excluding hydrogens is 315 g/mol. The summed E-state index contributed by atoms with van der Waals surface area (Å²) in [5.74, 6) is 0. The molecule has 0 spiro atoms. The fraction of sp³-hybridized carbons (Fsp3) is 0.105. The van der Waals surface area contributed by atoms with Crippen molar-refractivity contribution >= 4 is 23.3 Å². The van der Waals surface area contributed by atoms with E-state index in [2.05, 4.69) is 4.99 Å². The smallest absolute Gasteiger partial charge is 0.416 e. The average molecular weight is 329 g/mol. The molecule has 0 aliphatic rings. The van der Waals surface area contributed by atoms with Gasteiger partial charge in [0.05, 0.1) is 12.1 Å². The van der Waals surface area contributed by atoms with Crippen LogP contribution in [0.25, 0.3) is 17.0 Å². The third kappa shape index (κ3) is 3.74. The highest BCUT2D eigenvalue weighted by Gasteiger charge is 2.29. The zero-order chi connectivity index (χ0) is 17.0. The lowest BCUT2D eigenvalue weighted by Crippen LogP contribution is -2.03. The van der Waals surface area contributed by atoms with Gasteiger partial charge in [-0.3, -0.25) is 4.99 Å². The number of furan rings is 1. The molecule has 5 heteroatoms. The Morgan fingerprint density at radius 2 is 1.75 bits per heavy atom. The Labute approximate surface area is 136 Å². The van der Waals surface area contributed by atoms with Gasteiger partial charge in [-0.15, -0.1) is 0 Å². The van der Waals surface area contributed by atoms with E-state index in [-0.39, 0.29) is 0 Å². The normalized spacial score (nSPS) is 12.6. The maximum atomic E-state index is 12.5. The van der Waals surface area contributed by atoms with E-state index < -0.39 is 11.7 Å². The number of alkyl halides is 3. The second-order valence-electron chi connectivity index (χ2n) is 5.20. The summed E-state index contributed by atoms with van der Waals surface area (Å²) >= 11 is 0. The Bertz CT molecular complexity index is 874. The fourth-order valence-corrected chi connectivity index (χ4v) is 2.28. The zero-order valence-corrected chi connectivity index (χ0v) is 12.6. The van der Waals surface area contributed by atoms with Gasteiger partial charge in [0, 0.05) is 17.2 Å². The molecule has 0 N–H and O–H groups in total. The van der Waals surface area contributed by atoms with E-state index in [9.17, 15) is 13.2 Å². The number of nitrogens with zero attached hydrogens (tertiary/aromatic N) is 1. The van der Waals surface area contributed by atoms with Crippen molar-refractivity contribution in [3.8, 4) is 0 Å². The summed E-state index contributed by atoms with van der Waals surface area (Å²) in [5.41, 5.74) is 1.75. The molecule has 0 radical (unpaired) electrons. The largest absolute Gasteiger partial charge is 0.464 e. The van der Waals surface area contributed by atoms with Gasteiger partial charge in [0.25, 0.3) is 0 Å². The van der Waals surface area contributed by atoms with Crippen LogP contribution in [0.15, 0.2) is 70.3 Å². The predicted molar refractivity (Wildman–Crippen MR) is 89.2 cm³/mol. The number of fused-ring (bicyclic) bond motifs is 1. The first-order valence-electron chi connectivity index (χ1n) is 7.34. The molecule has 0 aliphatic heterocycles. The van der Waals surface area contributed by atoms with Crippen molar-refractivity contribution in [2.24, 2.45) is 4.99 Å². The van der Waals surface area contributed by atoms with E-state index in [0.717, 1.165) is 28.7 Å². The fourth-order valence-electron chi connectivity index (χ4n) is 2.28. The first-order valence-corrected chi connectivity index (χ1v) is 7.34. The van der Waals surface area contributed by atoms with Gasteiger partial charge < -0.3 is 4.42 Å². The lowest BCUT2D eigenvalue weighted by molar-refractivity contribution is -0.137. The van der Waals surface area contributed by atoms with Gasteiger partial charge in [0.2, 0.25) is 0 Å². The Morgan fingerprint density at radius 1 is 1.00 bits per heavy atom. The molecule has 0 saturated carbocycles. The number of benzene rings is 2. The van der Waals surface area contributed by atoms with Crippen molar-refractivity contribution in [2.45, 2.75) is 6.18 Å². The van der Waals surface area contributed by atoms with Gasteiger partial charge in [0.1, 0.15) is 11.8 Å². The predicted octanol–water partition coefficient (Wildman–Crippen LogP) is 5.58. The van der Waals surface area contributed by atoms with Crippen molar-refractivity contribution in [1.29, 1.82) is 0 Å². The topological polar surface area (TPSA) is 25.5 Å². The molecule has 3 aromatic rings. The van der Waals surface area contributed by atoms with Gasteiger partial charge in [-0.1, -0.05) is 42.5 Å². The van der Waals surface area contributed by atoms with Crippen molar-refractivity contribution in [3.63, 3.8) is 0 Å². The molecule has 24 heavy (non-hydrogen) atoms. The van der Waals surface area contributed by atoms with Gasteiger partial charge >= 0.3 is 6.18 Å². The van der Waals surface area contributed by atoms with E-state index in [0.29, 0.717) is 12.1 Å². The number of halogens is 3. The van der Waals surface area contributed by atoms with Crippen LogP contribution in [0.1, 0.15) is 16.7 Å². The van der Waals surface area contributed by atoms with Crippen LogP contribution in [0.5, 0.6) is 0 Å². The van der Waals surface area contributed by atoms with Crippen LogP contribution < -0.4 is 0 Å². The minimum absolute atomic E-state index is 0.431. The van der Waals surface area contributed by atoms with E-state index in [1.807, 2.05) is 24.3 Å². The molecule has 0 bridgehead atoms. The SMILES string of the molecule is FC(F)(F)c1ccc(/C=C/CN=Cc2coc3ccccc23)cc1. The highest BCUT2D eigenvalue weighted by Crippen LogP contribution is 2.29. The monoisotopic (exact) mass is 329 g/mol. The molecule has 0 atom stereocenters. The van der Waals surface area contributed by atoms with E-state index >= 15 is 0 Å². The van der Waals surface area contributed by atoms with Crippen LogP contribution in [0.3, 0.4) is 0 Å². The summed E-state index contributed by atoms with van der Waals surface area (Å²) < 4.78 is 42.8.